The zero-order chi connectivity index (χ0) is 13.2. The summed E-state index contributed by atoms with van der Waals surface area (Å²) >= 11 is 0. The average molecular weight is 250 g/mol. The molecule has 0 radical (unpaired) electrons. The summed E-state index contributed by atoms with van der Waals surface area (Å²) in [6, 6.07) is 16.0. The van der Waals surface area contributed by atoms with E-state index in [4.69, 9.17) is 0 Å². The van der Waals surface area contributed by atoms with Crippen LogP contribution in [0.2, 0.25) is 0 Å². The van der Waals surface area contributed by atoms with Crippen molar-refractivity contribution in [1.29, 1.82) is 0 Å². The number of hydrogen-bond donors (Lipinski definition) is 0. The minimum absolute atomic E-state index is 0.611. The van der Waals surface area contributed by atoms with Crippen molar-refractivity contribution in [2.75, 3.05) is 0 Å². The van der Waals surface area contributed by atoms with E-state index >= 15 is 0 Å². The molecule has 0 spiro atoms. The Morgan fingerprint density at radius 2 is 1.79 bits per heavy atom. The lowest BCUT2D eigenvalue weighted by Gasteiger charge is -2.29. The topological polar surface area (TPSA) is 0 Å². The van der Waals surface area contributed by atoms with Crippen LogP contribution < -0.4 is 0 Å². The van der Waals surface area contributed by atoms with Crippen molar-refractivity contribution in [3.05, 3.63) is 70.3 Å². The maximum Gasteiger partial charge on any atom is 0.00951 e. The van der Waals surface area contributed by atoms with Crippen molar-refractivity contribution in [1.82, 2.24) is 0 Å². The van der Waals surface area contributed by atoms with Gasteiger partial charge in [-0.25, -0.2) is 0 Å². The van der Waals surface area contributed by atoms with E-state index in [1.165, 1.54) is 36.0 Å². The summed E-state index contributed by atoms with van der Waals surface area (Å²) in [5.74, 6) is 0.611. The molecule has 2 aromatic carbocycles. The molecule has 2 aromatic rings. The van der Waals surface area contributed by atoms with Gasteiger partial charge in [-0.1, -0.05) is 67.8 Å². The van der Waals surface area contributed by atoms with Crippen LogP contribution >= 0.6 is 0 Å². The Hall–Kier alpha value is -1.56. The van der Waals surface area contributed by atoms with Crippen LogP contribution in [0.1, 0.15) is 59.9 Å². The van der Waals surface area contributed by atoms with Crippen LogP contribution in [0.4, 0.5) is 0 Å². The largest absolute Gasteiger partial charge is 0.0654 e. The normalized spacial score (nSPS) is 16.8. The smallest absolute Gasteiger partial charge is 0.00951 e. The second kappa shape index (κ2) is 5.21. The number of fused-ring (bicyclic) bond motifs is 2. The summed E-state index contributed by atoms with van der Waals surface area (Å²) in [6.45, 7) is 4.49. The van der Waals surface area contributed by atoms with Crippen LogP contribution in [0, 0.1) is 6.92 Å². The van der Waals surface area contributed by atoms with E-state index in [1.807, 2.05) is 0 Å². The fourth-order valence-corrected chi connectivity index (χ4v) is 3.33. The van der Waals surface area contributed by atoms with Gasteiger partial charge < -0.3 is 0 Å². The Balaban J connectivity index is 2.08. The molecule has 0 aliphatic heterocycles. The van der Waals surface area contributed by atoms with Gasteiger partial charge in [0, 0.05) is 5.92 Å². The number of unbranched alkanes of at least 4 members (excludes halogenated alkanes) is 1. The highest BCUT2D eigenvalue weighted by Crippen LogP contribution is 2.39. The van der Waals surface area contributed by atoms with Crippen LogP contribution in [0.5, 0.6) is 0 Å². The number of rotatable bonds is 3. The summed E-state index contributed by atoms with van der Waals surface area (Å²) in [7, 11) is 0. The van der Waals surface area contributed by atoms with Gasteiger partial charge in [0.25, 0.3) is 0 Å². The second-order valence-corrected chi connectivity index (χ2v) is 5.77. The number of hydrogen-bond acceptors (Lipinski definition) is 0. The Kier molecular flexibility index (Phi) is 3.42. The van der Waals surface area contributed by atoms with Gasteiger partial charge in [-0.3, -0.25) is 0 Å². The predicted octanol–water partition coefficient (Wildman–Crippen LogP) is 5.22. The maximum atomic E-state index is 2.41. The van der Waals surface area contributed by atoms with Crippen molar-refractivity contribution in [2.45, 2.75) is 45.4 Å². The Morgan fingerprint density at radius 1 is 1.00 bits per heavy atom. The fourth-order valence-electron chi connectivity index (χ4n) is 3.33. The summed E-state index contributed by atoms with van der Waals surface area (Å²) in [5.41, 5.74) is 7.59. The molecule has 98 valence electrons. The average Bonchev–Trinajstić information content (AvgIpc) is 2.44. The predicted molar refractivity (Wildman–Crippen MR) is 81.8 cm³/mol. The van der Waals surface area contributed by atoms with Crippen LogP contribution in [-0.2, 0) is 6.42 Å². The SMILES string of the molecule is CCCCC1c2ccccc2Cc2ccc(C)cc21. The van der Waals surface area contributed by atoms with E-state index < -0.39 is 0 Å². The first-order chi connectivity index (χ1) is 9.29. The fraction of sp³-hybridized carbons (Fsp3) is 0.368. The molecule has 0 N–H and O–H groups in total. The summed E-state index contributed by atoms with van der Waals surface area (Å²) < 4.78 is 0. The molecule has 0 amide bonds. The van der Waals surface area contributed by atoms with E-state index in [0.29, 0.717) is 5.92 Å². The lowest BCUT2D eigenvalue weighted by molar-refractivity contribution is 0.633. The van der Waals surface area contributed by atoms with Crippen LogP contribution in [0.15, 0.2) is 42.5 Å². The zero-order valence-electron chi connectivity index (χ0n) is 11.9. The molecule has 0 heteroatoms. The molecule has 19 heavy (non-hydrogen) atoms. The molecular weight excluding hydrogens is 228 g/mol. The van der Waals surface area contributed by atoms with Crippen LogP contribution in [0.25, 0.3) is 0 Å². The molecule has 0 nitrogen and oxygen atoms in total. The summed E-state index contributed by atoms with van der Waals surface area (Å²) in [5, 5.41) is 0. The summed E-state index contributed by atoms with van der Waals surface area (Å²) in [4.78, 5) is 0. The molecule has 1 unspecified atom stereocenters. The van der Waals surface area contributed by atoms with E-state index in [9.17, 15) is 0 Å². The molecule has 0 fully saturated rings. The van der Waals surface area contributed by atoms with E-state index in [0.717, 1.165) is 6.42 Å². The molecule has 3 rings (SSSR count). The molecule has 0 heterocycles. The van der Waals surface area contributed by atoms with Crippen molar-refractivity contribution in [3.63, 3.8) is 0 Å². The van der Waals surface area contributed by atoms with Gasteiger partial charge >= 0.3 is 0 Å². The Bertz CT molecular complexity index is 580. The second-order valence-electron chi connectivity index (χ2n) is 5.77. The third-order valence-corrected chi connectivity index (χ3v) is 4.33. The van der Waals surface area contributed by atoms with Crippen molar-refractivity contribution < 1.29 is 0 Å². The zero-order valence-corrected chi connectivity index (χ0v) is 11.9. The van der Waals surface area contributed by atoms with Gasteiger partial charge in [-0.15, -0.1) is 0 Å². The first-order valence-electron chi connectivity index (χ1n) is 7.47. The van der Waals surface area contributed by atoms with Gasteiger partial charge in [-0.2, -0.15) is 0 Å². The van der Waals surface area contributed by atoms with Gasteiger partial charge in [0.1, 0.15) is 0 Å². The van der Waals surface area contributed by atoms with Crippen molar-refractivity contribution in [3.8, 4) is 0 Å². The monoisotopic (exact) mass is 250 g/mol. The maximum absolute atomic E-state index is 2.41. The third kappa shape index (κ3) is 2.32. The quantitative estimate of drug-likeness (QED) is 0.700. The molecule has 0 saturated carbocycles. The lowest BCUT2D eigenvalue weighted by atomic mass is 9.75. The molecule has 1 aliphatic carbocycles. The molecule has 1 atom stereocenters. The first-order valence-corrected chi connectivity index (χ1v) is 7.47. The van der Waals surface area contributed by atoms with E-state index in [-0.39, 0.29) is 0 Å². The highest BCUT2D eigenvalue weighted by Gasteiger charge is 2.24. The molecule has 0 saturated heterocycles. The number of aryl methyl sites for hydroxylation is 1. The third-order valence-electron chi connectivity index (χ3n) is 4.33. The minimum Gasteiger partial charge on any atom is -0.0654 e. The highest BCUT2D eigenvalue weighted by molar-refractivity contribution is 5.50. The van der Waals surface area contributed by atoms with Crippen LogP contribution in [0.3, 0.4) is 0 Å². The molecule has 1 aliphatic rings. The Morgan fingerprint density at radius 3 is 2.63 bits per heavy atom. The van der Waals surface area contributed by atoms with Gasteiger partial charge in [0.15, 0.2) is 0 Å². The molecule has 0 aromatic heterocycles. The Labute approximate surface area is 116 Å². The molecular formula is C19H22. The highest BCUT2D eigenvalue weighted by atomic mass is 14.3. The minimum atomic E-state index is 0.611. The van der Waals surface area contributed by atoms with Gasteiger partial charge in [-0.05, 0) is 42.0 Å². The number of benzene rings is 2. The van der Waals surface area contributed by atoms with E-state index in [1.54, 1.807) is 11.1 Å². The lowest BCUT2D eigenvalue weighted by Crippen LogP contribution is -2.14. The standard InChI is InChI=1S/C19H22/c1-3-4-8-18-17-9-6-5-7-15(17)13-16-11-10-14(2)12-19(16)18/h5-7,9-12,18H,3-4,8,13H2,1-2H3. The van der Waals surface area contributed by atoms with Crippen molar-refractivity contribution in [2.24, 2.45) is 0 Å². The summed E-state index contributed by atoms with van der Waals surface area (Å²) in [6.07, 6.45) is 4.98. The van der Waals surface area contributed by atoms with E-state index in [2.05, 4.69) is 56.3 Å². The van der Waals surface area contributed by atoms with Gasteiger partial charge in [0.05, 0.1) is 0 Å². The first kappa shape index (κ1) is 12.5. The van der Waals surface area contributed by atoms with Crippen molar-refractivity contribution >= 4 is 0 Å². The molecule has 0 bridgehead atoms. The van der Waals surface area contributed by atoms with Gasteiger partial charge in [0.2, 0.25) is 0 Å². The van der Waals surface area contributed by atoms with Crippen LogP contribution in [-0.4, -0.2) is 0 Å².